The Labute approximate surface area is 138 Å². The molecule has 0 bridgehead atoms. The maximum atomic E-state index is 12.4. The molecular formula is C12H6ClN3O5S2. The number of nitro groups is 1. The molecule has 0 radical (unpaired) electrons. The first-order valence-corrected chi connectivity index (χ1v) is 8.50. The molecule has 0 unspecified atom stereocenters. The number of nitrogens with zero attached hydrogens (tertiary/aromatic N) is 3. The van der Waals surface area contributed by atoms with Crippen molar-refractivity contribution in [2.45, 2.75) is 4.90 Å². The van der Waals surface area contributed by atoms with E-state index >= 15 is 0 Å². The standard InChI is InChI=1S/C12H6ClN3O5S2/c13-8-6-7(16(17)18)4-5-10(8)21-23(19,20)11-3-1-2-9-12(11)15-22-14-9/h1-6H. The molecule has 1 heterocycles. The predicted octanol–water partition coefficient (Wildman–Crippen LogP) is 3.02. The summed E-state index contributed by atoms with van der Waals surface area (Å²) in [5.41, 5.74) is 0.343. The van der Waals surface area contributed by atoms with Crippen LogP contribution in [0.2, 0.25) is 5.02 Å². The Kier molecular flexibility index (Phi) is 3.88. The first-order valence-electron chi connectivity index (χ1n) is 5.98. The average molecular weight is 372 g/mol. The topological polar surface area (TPSA) is 112 Å². The molecular weight excluding hydrogens is 366 g/mol. The van der Waals surface area contributed by atoms with E-state index in [1.54, 1.807) is 6.07 Å². The molecule has 0 saturated heterocycles. The average Bonchev–Trinajstić information content (AvgIpc) is 2.97. The Morgan fingerprint density at radius 2 is 2.00 bits per heavy atom. The molecule has 0 aliphatic rings. The van der Waals surface area contributed by atoms with Crippen molar-refractivity contribution in [2.24, 2.45) is 0 Å². The molecule has 11 heteroatoms. The lowest BCUT2D eigenvalue weighted by atomic mass is 10.3. The van der Waals surface area contributed by atoms with E-state index in [9.17, 15) is 18.5 Å². The molecule has 8 nitrogen and oxygen atoms in total. The molecule has 1 aromatic heterocycles. The van der Waals surface area contributed by atoms with Crippen molar-refractivity contribution < 1.29 is 17.5 Å². The fourth-order valence-electron chi connectivity index (χ4n) is 1.82. The lowest BCUT2D eigenvalue weighted by Gasteiger charge is -2.08. The Balaban J connectivity index is 2.02. The quantitative estimate of drug-likeness (QED) is 0.393. The van der Waals surface area contributed by atoms with E-state index in [4.69, 9.17) is 15.8 Å². The van der Waals surface area contributed by atoms with Gasteiger partial charge in [0.15, 0.2) is 5.75 Å². The SMILES string of the molecule is O=[N+]([O-])c1ccc(OS(=O)(=O)c2cccc3nsnc23)c(Cl)c1. The molecule has 0 saturated carbocycles. The highest BCUT2D eigenvalue weighted by Crippen LogP contribution is 2.32. The van der Waals surface area contributed by atoms with E-state index in [1.807, 2.05) is 0 Å². The number of halogens is 1. The zero-order valence-corrected chi connectivity index (χ0v) is 13.4. The Bertz CT molecular complexity index is 1020. The van der Waals surface area contributed by atoms with Gasteiger partial charge in [-0.1, -0.05) is 17.7 Å². The number of non-ortho nitro benzene ring substituents is 1. The molecule has 23 heavy (non-hydrogen) atoms. The van der Waals surface area contributed by atoms with E-state index in [1.165, 1.54) is 12.1 Å². The van der Waals surface area contributed by atoms with Gasteiger partial charge in [-0.25, -0.2) is 0 Å². The van der Waals surface area contributed by atoms with Crippen molar-refractivity contribution in [1.82, 2.24) is 8.75 Å². The van der Waals surface area contributed by atoms with Crippen molar-refractivity contribution >= 4 is 50.2 Å². The summed E-state index contributed by atoms with van der Waals surface area (Å²) in [6.45, 7) is 0. The van der Waals surface area contributed by atoms with Crippen LogP contribution in [0.5, 0.6) is 5.75 Å². The minimum atomic E-state index is -4.22. The van der Waals surface area contributed by atoms with Crippen molar-refractivity contribution in [2.75, 3.05) is 0 Å². The summed E-state index contributed by atoms with van der Waals surface area (Å²) in [6.07, 6.45) is 0. The van der Waals surface area contributed by atoms with Gasteiger partial charge in [0.25, 0.3) is 5.69 Å². The number of rotatable bonds is 4. The number of hydrogen-bond donors (Lipinski definition) is 0. The van der Waals surface area contributed by atoms with E-state index < -0.39 is 15.0 Å². The fraction of sp³-hybridized carbons (Fsp3) is 0. The van der Waals surface area contributed by atoms with Crippen molar-refractivity contribution in [3.63, 3.8) is 0 Å². The van der Waals surface area contributed by atoms with Gasteiger partial charge in [0, 0.05) is 12.1 Å². The third-order valence-corrected chi connectivity index (χ3v) is 4.95. The highest BCUT2D eigenvalue weighted by atomic mass is 35.5. The van der Waals surface area contributed by atoms with Crippen LogP contribution >= 0.6 is 23.3 Å². The van der Waals surface area contributed by atoms with Gasteiger partial charge in [-0.3, -0.25) is 10.1 Å². The highest BCUT2D eigenvalue weighted by Gasteiger charge is 2.23. The van der Waals surface area contributed by atoms with E-state index in [0.717, 1.165) is 29.9 Å². The van der Waals surface area contributed by atoms with Crippen molar-refractivity contribution in [1.29, 1.82) is 0 Å². The van der Waals surface area contributed by atoms with Crippen LogP contribution in [0.1, 0.15) is 0 Å². The van der Waals surface area contributed by atoms with Gasteiger partial charge in [0.1, 0.15) is 15.9 Å². The summed E-state index contributed by atoms with van der Waals surface area (Å²) in [6, 6.07) is 7.70. The number of aromatic nitrogens is 2. The molecule has 3 aromatic rings. The van der Waals surface area contributed by atoms with Gasteiger partial charge in [-0.2, -0.15) is 17.2 Å². The molecule has 0 fully saturated rings. The monoisotopic (exact) mass is 371 g/mol. The fourth-order valence-corrected chi connectivity index (χ4v) is 3.79. The molecule has 3 rings (SSSR count). The minimum absolute atomic E-state index is 0.154. The molecule has 118 valence electrons. The van der Waals surface area contributed by atoms with Gasteiger partial charge in [-0.05, 0) is 18.2 Å². The van der Waals surface area contributed by atoms with Gasteiger partial charge < -0.3 is 4.18 Å². The number of benzene rings is 2. The van der Waals surface area contributed by atoms with Gasteiger partial charge in [-0.15, -0.1) is 0 Å². The summed E-state index contributed by atoms with van der Waals surface area (Å²) in [5.74, 6) is -0.211. The molecule has 2 aromatic carbocycles. The lowest BCUT2D eigenvalue weighted by molar-refractivity contribution is -0.384. The second-order valence-corrected chi connectivity index (χ2v) is 6.75. The van der Waals surface area contributed by atoms with Crippen LogP contribution in [0.4, 0.5) is 5.69 Å². The number of fused-ring (bicyclic) bond motifs is 1. The summed E-state index contributed by atoms with van der Waals surface area (Å²) < 4.78 is 37.7. The Morgan fingerprint density at radius 1 is 1.22 bits per heavy atom. The molecule has 0 N–H and O–H groups in total. The van der Waals surface area contributed by atoms with Gasteiger partial charge in [0.2, 0.25) is 0 Å². The van der Waals surface area contributed by atoms with Crippen LogP contribution in [-0.2, 0) is 10.1 Å². The molecule has 0 atom stereocenters. The molecule has 0 aliphatic heterocycles. The summed E-state index contributed by atoms with van der Waals surface area (Å²) in [7, 11) is -4.22. The zero-order chi connectivity index (χ0) is 16.6. The van der Waals surface area contributed by atoms with E-state index in [-0.39, 0.29) is 26.9 Å². The van der Waals surface area contributed by atoms with Crippen LogP contribution in [0.3, 0.4) is 0 Å². The maximum absolute atomic E-state index is 12.4. The third kappa shape index (κ3) is 2.96. The number of nitro benzene ring substituents is 1. The first kappa shape index (κ1) is 15.6. The van der Waals surface area contributed by atoms with Gasteiger partial charge in [0.05, 0.1) is 21.7 Å². The van der Waals surface area contributed by atoms with Crippen LogP contribution in [0.15, 0.2) is 41.3 Å². The van der Waals surface area contributed by atoms with Crippen molar-refractivity contribution in [3.05, 3.63) is 51.5 Å². The second kappa shape index (κ2) is 5.72. The molecule has 0 aliphatic carbocycles. The normalized spacial score (nSPS) is 11.5. The largest absolute Gasteiger partial charge is 0.377 e. The Hall–Kier alpha value is -2.30. The van der Waals surface area contributed by atoms with Gasteiger partial charge >= 0.3 is 10.1 Å². The van der Waals surface area contributed by atoms with Crippen LogP contribution in [0, 0.1) is 10.1 Å². The van der Waals surface area contributed by atoms with E-state index in [2.05, 4.69) is 8.75 Å². The summed E-state index contributed by atoms with van der Waals surface area (Å²) in [4.78, 5) is 9.86. The zero-order valence-electron chi connectivity index (χ0n) is 11.0. The third-order valence-electron chi connectivity index (χ3n) is 2.84. The molecule has 0 amide bonds. The summed E-state index contributed by atoms with van der Waals surface area (Å²) in [5, 5.41) is 10.5. The predicted molar refractivity (Wildman–Crippen MR) is 83.3 cm³/mol. The van der Waals surface area contributed by atoms with Crippen LogP contribution < -0.4 is 4.18 Å². The number of hydrogen-bond acceptors (Lipinski definition) is 8. The molecule has 0 spiro atoms. The maximum Gasteiger partial charge on any atom is 0.341 e. The Morgan fingerprint density at radius 3 is 2.70 bits per heavy atom. The van der Waals surface area contributed by atoms with E-state index in [0.29, 0.717) is 5.52 Å². The minimum Gasteiger partial charge on any atom is -0.377 e. The summed E-state index contributed by atoms with van der Waals surface area (Å²) >= 11 is 6.72. The lowest BCUT2D eigenvalue weighted by Crippen LogP contribution is -2.10. The second-order valence-electron chi connectivity index (χ2n) is 4.30. The smallest absolute Gasteiger partial charge is 0.341 e. The highest BCUT2D eigenvalue weighted by molar-refractivity contribution is 7.87. The van der Waals surface area contributed by atoms with Crippen LogP contribution in [0.25, 0.3) is 11.0 Å². The van der Waals surface area contributed by atoms with Crippen molar-refractivity contribution in [3.8, 4) is 5.75 Å². The van der Waals surface area contributed by atoms with Crippen LogP contribution in [-0.4, -0.2) is 22.1 Å². The first-order chi connectivity index (χ1) is 10.9.